The zero-order chi connectivity index (χ0) is 12.3. The van der Waals surface area contributed by atoms with Gasteiger partial charge in [0.25, 0.3) is 0 Å². The number of ether oxygens (including phenoxy) is 1. The lowest BCUT2D eigenvalue weighted by atomic mass is 9.72. The highest BCUT2D eigenvalue weighted by Crippen LogP contribution is 2.40. The first-order valence-electron chi connectivity index (χ1n) is 7.17. The lowest BCUT2D eigenvalue weighted by Gasteiger charge is -2.54. The Balaban J connectivity index is 1.94. The van der Waals surface area contributed by atoms with Crippen LogP contribution in [0.5, 0.6) is 0 Å². The Morgan fingerprint density at radius 1 is 1.18 bits per heavy atom. The minimum atomic E-state index is 0.232. The van der Waals surface area contributed by atoms with Gasteiger partial charge < -0.3 is 10.5 Å². The number of likely N-dealkylation sites (N-methyl/N-ethyl adjacent to an activating group) is 1. The largest absolute Gasteiger partial charge is 0.381 e. The lowest BCUT2D eigenvalue weighted by Crippen LogP contribution is -2.65. The molecule has 0 atom stereocenters. The van der Waals surface area contributed by atoms with Gasteiger partial charge >= 0.3 is 0 Å². The third-order valence-electron chi connectivity index (χ3n) is 5.05. The number of nitrogens with two attached hydrogens (primary N) is 1. The fraction of sp³-hybridized carbons (Fsp3) is 1.00. The molecule has 100 valence electrons. The molecule has 0 aromatic heterocycles. The van der Waals surface area contributed by atoms with Crippen LogP contribution in [-0.2, 0) is 4.74 Å². The Kier molecular flexibility index (Phi) is 4.45. The average Bonchev–Trinajstić information content (AvgIpc) is 2.57. The Morgan fingerprint density at radius 3 is 2.24 bits per heavy atom. The van der Waals surface area contributed by atoms with E-state index in [1.807, 2.05) is 7.11 Å². The van der Waals surface area contributed by atoms with Crippen LogP contribution >= 0.6 is 0 Å². The summed E-state index contributed by atoms with van der Waals surface area (Å²) in [5, 5.41) is 0. The lowest BCUT2D eigenvalue weighted by molar-refractivity contribution is -0.0935. The molecule has 0 heterocycles. The Labute approximate surface area is 106 Å². The predicted molar refractivity (Wildman–Crippen MR) is 71.1 cm³/mol. The summed E-state index contributed by atoms with van der Waals surface area (Å²) in [5.74, 6) is 0. The van der Waals surface area contributed by atoms with Crippen LogP contribution in [0, 0.1) is 0 Å². The molecule has 2 fully saturated rings. The standard InChI is InChI=1S/C14H28N2O/c1-16(12-7-5-3-4-6-8-12)14(11-15)9-13(10-14)17-2/h12-13H,3-11,15H2,1-2H3. The van der Waals surface area contributed by atoms with Crippen molar-refractivity contribution in [3.63, 3.8) is 0 Å². The van der Waals surface area contributed by atoms with Gasteiger partial charge in [-0.25, -0.2) is 0 Å². The third kappa shape index (κ3) is 2.67. The molecular formula is C14H28N2O. The van der Waals surface area contributed by atoms with Crippen molar-refractivity contribution in [3.05, 3.63) is 0 Å². The first kappa shape index (κ1) is 13.3. The minimum Gasteiger partial charge on any atom is -0.381 e. The van der Waals surface area contributed by atoms with Crippen molar-refractivity contribution in [3.8, 4) is 0 Å². The van der Waals surface area contributed by atoms with Crippen LogP contribution in [0.1, 0.15) is 51.4 Å². The summed E-state index contributed by atoms with van der Waals surface area (Å²) in [5.41, 5.74) is 6.27. The summed E-state index contributed by atoms with van der Waals surface area (Å²) in [6.07, 6.45) is 11.0. The van der Waals surface area contributed by atoms with E-state index in [2.05, 4.69) is 11.9 Å². The zero-order valence-electron chi connectivity index (χ0n) is 11.5. The summed E-state index contributed by atoms with van der Waals surface area (Å²) < 4.78 is 5.42. The van der Waals surface area contributed by atoms with E-state index in [1.54, 1.807) is 0 Å². The third-order valence-corrected chi connectivity index (χ3v) is 5.05. The summed E-state index contributed by atoms with van der Waals surface area (Å²) in [4.78, 5) is 2.59. The van der Waals surface area contributed by atoms with Crippen LogP contribution in [0.4, 0.5) is 0 Å². The van der Waals surface area contributed by atoms with E-state index in [0.717, 1.165) is 25.4 Å². The van der Waals surface area contributed by atoms with E-state index in [0.29, 0.717) is 6.10 Å². The van der Waals surface area contributed by atoms with E-state index in [-0.39, 0.29) is 5.54 Å². The van der Waals surface area contributed by atoms with Gasteiger partial charge in [-0.05, 0) is 32.7 Å². The quantitative estimate of drug-likeness (QED) is 0.765. The van der Waals surface area contributed by atoms with Crippen molar-refractivity contribution in [1.82, 2.24) is 4.90 Å². The van der Waals surface area contributed by atoms with Gasteiger partial charge in [0.2, 0.25) is 0 Å². The molecule has 2 rings (SSSR count). The zero-order valence-corrected chi connectivity index (χ0v) is 11.5. The van der Waals surface area contributed by atoms with Crippen molar-refractivity contribution in [2.24, 2.45) is 5.73 Å². The van der Waals surface area contributed by atoms with Crippen LogP contribution in [0.25, 0.3) is 0 Å². The fourth-order valence-corrected chi connectivity index (χ4v) is 3.59. The van der Waals surface area contributed by atoms with Gasteiger partial charge in [0, 0.05) is 25.2 Å². The highest BCUT2D eigenvalue weighted by Gasteiger charge is 2.48. The van der Waals surface area contributed by atoms with E-state index >= 15 is 0 Å². The SMILES string of the molecule is COC1CC(CN)(N(C)C2CCCCCC2)C1. The van der Waals surface area contributed by atoms with Crippen LogP contribution in [0.15, 0.2) is 0 Å². The molecule has 0 aliphatic heterocycles. The summed E-state index contributed by atoms with van der Waals surface area (Å²) >= 11 is 0. The van der Waals surface area contributed by atoms with Gasteiger partial charge in [0.15, 0.2) is 0 Å². The fourth-order valence-electron chi connectivity index (χ4n) is 3.59. The highest BCUT2D eigenvalue weighted by atomic mass is 16.5. The Hall–Kier alpha value is -0.120. The van der Waals surface area contributed by atoms with Gasteiger partial charge in [-0.1, -0.05) is 25.7 Å². The number of hydrogen-bond acceptors (Lipinski definition) is 3. The minimum absolute atomic E-state index is 0.232. The molecule has 0 amide bonds. The molecule has 2 N–H and O–H groups in total. The molecular weight excluding hydrogens is 212 g/mol. The molecule has 0 radical (unpaired) electrons. The second kappa shape index (κ2) is 5.68. The van der Waals surface area contributed by atoms with Crippen molar-refractivity contribution in [2.75, 3.05) is 20.7 Å². The first-order valence-corrected chi connectivity index (χ1v) is 7.17. The smallest absolute Gasteiger partial charge is 0.0607 e. The van der Waals surface area contributed by atoms with Gasteiger partial charge in [0.1, 0.15) is 0 Å². The van der Waals surface area contributed by atoms with Crippen LogP contribution in [-0.4, -0.2) is 43.3 Å². The number of rotatable bonds is 4. The molecule has 3 nitrogen and oxygen atoms in total. The molecule has 0 aromatic rings. The molecule has 0 bridgehead atoms. The first-order chi connectivity index (χ1) is 8.22. The number of nitrogens with zero attached hydrogens (tertiary/aromatic N) is 1. The van der Waals surface area contributed by atoms with Crippen molar-refractivity contribution < 1.29 is 4.74 Å². The van der Waals surface area contributed by atoms with Crippen LogP contribution in [0.2, 0.25) is 0 Å². The maximum absolute atomic E-state index is 6.04. The van der Waals surface area contributed by atoms with Gasteiger partial charge in [-0.2, -0.15) is 0 Å². The maximum Gasteiger partial charge on any atom is 0.0607 e. The van der Waals surface area contributed by atoms with Gasteiger partial charge in [-0.15, -0.1) is 0 Å². The van der Waals surface area contributed by atoms with Crippen molar-refractivity contribution in [1.29, 1.82) is 0 Å². The van der Waals surface area contributed by atoms with Crippen molar-refractivity contribution >= 4 is 0 Å². The molecule has 0 spiro atoms. The molecule has 2 aliphatic carbocycles. The van der Waals surface area contributed by atoms with Crippen LogP contribution < -0.4 is 5.73 Å². The van der Waals surface area contributed by atoms with E-state index in [9.17, 15) is 0 Å². The molecule has 0 unspecified atom stereocenters. The Morgan fingerprint density at radius 2 is 1.76 bits per heavy atom. The molecule has 0 saturated heterocycles. The average molecular weight is 240 g/mol. The monoisotopic (exact) mass is 240 g/mol. The summed E-state index contributed by atoms with van der Waals surface area (Å²) in [6.45, 7) is 0.778. The number of hydrogen-bond donors (Lipinski definition) is 1. The molecule has 2 aliphatic rings. The van der Waals surface area contributed by atoms with E-state index in [1.165, 1.54) is 38.5 Å². The molecule has 17 heavy (non-hydrogen) atoms. The summed E-state index contributed by atoms with van der Waals surface area (Å²) in [6, 6.07) is 0.749. The molecule has 2 saturated carbocycles. The second-order valence-electron chi connectivity index (χ2n) is 5.95. The Bertz CT molecular complexity index is 230. The van der Waals surface area contributed by atoms with Crippen molar-refractivity contribution in [2.45, 2.75) is 69.1 Å². The molecule has 3 heteroatoms. The predicted octanol–water partition coefficient (Wildman–Crippen LogP) is 2.15. The van der Waals surface area contributed by atoms with Gasteiger partial charge in [0.05, 0.1) is 6.10 Å². The topological polar surface area (TPSA) is 38.5 Å². The maximum atomic E-state index is 6.04. The van der Waals surface area contributed by atoms with E-state index in [4.69, 9.17) is 10.5 Å². The molecule has 0 aromatic carbocycles. The number of methoxy groups -OCH3 is 1. The highest BCUT2D eigenvalue weighted by molar-refractivity contribution is 5.05. The summed E-state index contributed by atoms with van der Waals surface area (Å²) in [7, 11) is 4.10. The van der Waals surface area contributed by atoms with Gasteiger partial charge in [-0.3, -0.25) is 4.90 Å². The van der Waals surface area contributed by atoms with Crippen LogP contribution in [0.3, 0.4) is 0 Å². The second-order valence-corrected chi connectivity index (χ2v) is 5.95. The van der Waals surface area contributed by atoms with E-state index < -0.39 is 0 Å². The normalized spacial score (nSPS) is 35.6.